The highest BCUT2D eigenvalue weighted by Crippen LogP contribution is 2.24. The molecule has 1 aliphatic heterocycles. The molecule has 2 nitrogen and oxygen atoms in total. The van der Waals surface area contributed by atoms with Gasteiger partial charge in [0.2, 0.25) is 0 Å². The van der Waals surface area contributed by atoms with Gasteiger partial charge in [-0.05, 0) is 47.4 Å². The smallest absolute Gasteiger partial charge is 0.115 e. The number of fused-ring (bicyclic) bond motifs is 1. The maximum Gasteiger partial charge on any atom is 0.115 e. The molecule has 1 heterocycles. The zero-order valence-corrected chi connectivity index (χ0v) is 11.4. The lowest BCUT2D eigenvalue weighted by atomic mass is 9.99. The van der Waals surface area contributed by atoms with E-state index in [1.165, 1.54) is 16.7 Å². The van der Waals surface area contributed by atoms with Crippen LogP contribution in [0, 0.1) is 0 Å². The van der Waals surface area contributed by atoms with Crippen molar-refractivity contribution in [2.24, 2.45) is 0 Å². The Balaban J connectivity index is 1.73. The fourth-order valence-electron chi connectivity index (χ4n) is 2.58. The zero-order valence-electron chi connectivity index (χ0n) is 10.6. The molecule has 3 heteroatoms. The highest BCUT2D eigenvalue weighted by atomic mass is 35.5. The molecule has 0 aliphatic carbocycles. The summed E-state index contributed by atoms with van der Waals surface area (Å²) in [5.74, 6) is 0.354. The van der Waals surface area contributed by atoms with Crippen LogP contribution < -0.4 is 0 Å². The van der Waals surface area contributed by atoms with Crippen molar-refractivity contribution in [2.75, 3.05) is 6.54 Å². The van der Waals surface area contributed by atoms with E-state index in [-0.39, 0.29) is 0 Å². The highest BCUT2D eigenvalue weighted by Gasteiger charge is 2.16. The SMILES string of the molecule is Oc1ccc2c(c1)CN(Cc1ccc(Cl)cc1)CC2. The number of rotatable bonds is 2. The van der Waals surface area contributed by atoms with Gasteiger partial charge in [0, 0.05) is 24.7 Å². The van der Waals surface area contributed by atoms with Crippen molar-refractivity contribution in [3.05, 3.63) is 64.2 Å². The van der Waals surface area contributed by atoms with Crippen LogP contribution in [-0.4, -0.2) is 16.6 Å². The third-order valence-electron chi connectivity index (χ3n) is 3.60. The van der Waals surface area contributed by atoms with Crippen LogP contribution in [0.25, 0.3) is 0 Å². The van der Waals surface area contributed by atoms with Gasteiger partial charge in [-0.1, -0.05) is 29.8 Å². The lowest BCUT2D eigenvalue weighted by molar-refractivity contribution is 0.245. The zero-order chi connectivity index (χ0) is 13.2. The van der Waals surface area contributed by atoms with Gasteiger partial charge in [0.1, 0.15) is 5.75 Å². The molecule has 0 spiro atoms. The van der Waals surface area contributed by atoms with Gasteiger partial charge in [-0.3, -0.25) is 4.90 Å². The summed E-state index contributed by atoms with van der Waals surface area (Å²) in [6.45, 7) is 2.87. The average molecular weight is 274 g/mol. The Bertz CT molecular complexity index is 580. The first-order valence-corrected chi connectivity index (χ1v) is 6.86. The first-order chi connectivity index (χ1) is 9.20. The van der Waals surface area contributed by atoms with Crippen molar-refractivity contribution in [3.8, 4) is 5.75 Å². The van der Waals surface area contributed by atoms with Crippen LogP contribution in [0.1, 0.15) is 16.7 Å². The Morgan fingerprint density at radius 3 is 2.63 bits per heavy atom. The number of hydrogen-bond donors (Lipinski definition) is 1. The molecule has 0 radical (unpaired) electrons. The van der Waals surface area contributed by atoms with E-state index in [2.05, 4.69) is 17.0 Å². The predicted molar refractivity (Wildman–Crippen MR) is 77.4 cm³/mol. The molecule has 1 N–H and O–H groups in total. The normalized spacial score (nSPS) is 15.2. The minimum absolute atomic E-state index is 0.354. The number of phenols is 1. The van der Waals surface area contributed by atoms with Crippen molar-refractivity contribution in [1.82, 2.24) is 4.90 Å². The van der Waals surface area contributed by atoms with E-state index in [9.17, 15) is 5.11 Å². The largest absolute Gasteiger partial charge is 0.508 e. The van der Waals surface area contributed by atoms with Crippen molar-refractivity contribution in [3.63, 3.8) is 0 Å². The van der Waals surface area contributed by atoms with Crippen molar-refractivity contribution < 1.29 is 5.11 Å². The number of phenolic OH excluding ortho intramolecular Hbond substituents is 1. The summed E-state index contributed by atoms with van der Waals surface area (Å²) in [5, 5.41) is 10.3. The van der Waals surface area contributed by atoms with Gasteiger partial charge in [-0.15, -0.1) is 0 Å². The summed E-state index contributed by atoms with van der Waals surface area (Å²) < 4.78 is 0. The van der Waals surface area contributed by atoms with Crippen LogP contribution in [0.3, 0.4) is 0 Å². The lowest BCUT2D eigenvalue weighted by Gasteiger charge is -2.28. The quantitative estimate of drug-likeness (QED) is 0.904. The van der Waals surface area contributed by atoms with E-state index in [4.69, 9.17) is 11.6 Å². The molecule has 0 atom stereocenters. The summed E-state index contributed by atoms with van der Waals surface area (Å²) in [6.07, 6.45) is 1.04. The molecule has 1 aliphatic rings. The Hall–Kier alpha value is -1.51. The Kier molecular flexibility index (Phi) is 3.45. The number of aromatic hydroxyl groups is 1. The second-order valence-corrected chi connectivity index (χ2v) is 5.48. The molecule has 0 saturated heterocycles. The van der Waals surface area contributed by atoms with E-state index in [1.807, 2.05) is 24.3 Å². The van der Waals surface area contributed by atoms with Crippen molar-refractivity contribution in [1.29, 1.82) is 0 Å². The maximum absolute atomic E-state index is 9.56. The number of halogens is 1. The van der Waals surface area contributed by atoms with Crippen LogP contribution >= 0.6 is 11.6 Å². The van der Waals surface area contributed by atoms with Gasteiger partial charge >= 0.3 is 0 Å². The van der Waals surface area contributed by atoms with Crippen LogP contribution in [0.15, 0.2) is 42.5 Å². The first-order valence-electron chi connectivity index (χ1n) is 6.48. The number of benzene rings is 2. The second kappa shape index (κ2) is 5.24. The van der Waals surface area contributed by atoms with Crippen molar-refractivity contribution in [2.45, 2.75) is 19.5 Å². The standard InChI is InChI=1S/C16H16ClNO/c17-15-4-1-12(2-5-15)10-18-8-7-13-3-6-16(19)9-14(13)11-18/h1-6,9,19H,7-8,10-11H2. The average Bonchev–Trinajstić information content (AvgIpc) is 2.41. The molecule has 0 amide bonds. The molecule has 0 bridgehead atoms. The van der Waals surface area contributed by atoms with Crippen LogP contribution in [0.5, 0.6) is 5.75 Å². The molecular weight excluding hydrogens is 258 g/mol. The summed E-state index contributed by atoms with van der Waals surface area (Å²) in [7, 11) is 0. The van der Waals surface area contributed by atoms with Gasteiger partial charge in [-0.2, -0.15) is 0 Å². The summed E-state index contributed by atoms with van der Waals surface area (Å²) in [4.78, 5) is 2.39. The molecule has 0 fully saturated rings. The summed E-state index contributed by atoms with van der Waals surface area (Å²) in [5.41, 5.74) is 3.86. The molecule has 3 rings (SSSR count). The molecule has 0 saturated carbocycles. The molecule has 0 aromatic heterocycles. The molecule has 2 aromatic carbocycles. The lowest BCUT2D eigenvalue weighted by Crippen LogP contribution is -2.29. The molecular formula is C16H16ClNO. The van der Waals surface area contributed by atoms with Crippen molar-refractivity contribution >= 4 is 11.6 Å². The monoisotopic (exact) mass is 273 g/mol. The van der Waals surface area contributed by atoms with Gasteiger partial charge < -0.3 is 5.11 Å². The maximum atomic E-state index is 9.56. The van der Waals surface area contributed by atoms with Gasteiger partial charge in [0.05, 0.1) is 0 Å². The topological polar surface area (TPSA) is 23.5 Å². The van der Waals surface area contributed by atoms with Crippen LogP contribution in [0.4, 0.5) is 0 Å². The fourth-order valence-corrected chi connectivity index (χ4v) is 2.71. The Morgan fingerprint density at radius 1 is 1.05 bits per heavy atom. The molecule has 19 heavy (non-hydrogen) atoms. The third kappa shape index (κ3) is 2.91. The van der Waals surface area contributed by atoms with Crippen LogP contribution in [-0.2, 0) is 19.5 Å². The number of hydrogen-bond acceptors (Lipinski definition) is 2. The van der Waals surface area contributed by atoms with Crippen LogP contribution in [0.2, 0.25) is 5.02 Å². The highest BCUT2D eigenvalue weighted by molar-refractivity contribution is 6.30. The Labute approximate surface area is 118 Å². The second-order valence-electron chi connectivity index (χ2n) is 5.04. The minimum Gasteiger partial charge on any atom is -0.508 e. The van der Waals surface area contributed by atoms with Gasteiger partial charge in [-0.25, -0.2) is 0 Å². The first kappa shape index (κ1) is 12.5. The van der Waals surface area contributed by atoms with E-state index in [0.29, 0.717) is 5.75 Å². The number of nitrogens with zero attached hydrogens (tertiary/aromatic N) is 1. The fraction of sp³-hybridized carbons (Fsp3) is 0.250. The Morgan fingerprint density at radius 2 is 1.84 bits per heavy atom. The molecule has 2 aromatic rings. The summed E-state index contributed by atoms with van der Waals surface area (Å²) >= 11 is 5.90. The predicted octanol–water partition coefficient (Wildman–Crippen LogP) is 3.60. The van der Waals surface area contributed by atoms with E-state index in [0.717, 1.165) is 31.1 Å². The van der Waals surface area contributed by atoms with E-state index < -0.39 is 0 Å². The summed E-state index contributed by atoms with van der Waals surface area (Å²) in [6, 6.07) is 13.7. The van der Waals surface area contributed by atoms with E-state index >= 15 is 0 Å². The van der Waals surface area contributed by atoms with Gasteiger partial charge in [0.15, 0.2) is 0 Å². The molecule has 98 valence electrons. The third-order valence-corrected chi connectivity index (χ3v) is 3.85. The molecule has 0 unspecified atom stereocenters. The van der Waals surface area contributed by atoms with Gasteiger partial charge in [0.25, 0.3) is 0 Å². The minimum atomic E-state index is 0.354. The van der Waals surface area contributed by atoms with E-state index in [1.54, 1.807) is 6.07 Å².